The molecule has 2 rings (SSSR count). The summed E-state index contributed by atoms with van der Waals surface area (Å²) in [5.41, 5.74) is 6.33. The van der Waals surface area contributed by atoms with Crippen LogP contribution in [-0.2, 0) is 16.2 Å². The molecule has 22 heavy (non-hydrogen) atoms. The Hall–Kier alpha value is -1.83. The van der Waals surface area contributed by atoms with Gasteiger partial charge in [0.1, 0.15) is 10.6 Å². The standard InChI is InChI=1S/C14H22N4O3S/c1-9-8-22-11(16-9)7-20-17-12(15)10-5-6-18(10)13(19)21-14(2,3)4/h8,10H,5-7H2,1-4H3,(H2,15,17). The van der Waals surface area contributed by atoms with Gasteiger partial charge in [-0.15, -0.1) is 11.3 Å². The van der Waals surface area contributed by atoms with E-state index in [0.717, 1.165) is 17.1 Å². The van der Waals surface area contributed by atoms with Crippen molar-refractivity contribution in [2.75, 3.05) is 6.54 Å². The van der Waals surface area contributed by atoms with E-state index in [0.29, 0.717) is 6.54 Å². The number of ether oxygens (including phenoxy) is 1. The van der Waals surface area contributed by atoms with Gasteiger partial charge < -0.3 is 15.3 Å². The molecular weight excluding hydrogens is 304 g/mol. The fourth-order valence-corrected chi connectivity index (χ4v) is 2.60. The molecule has 7 nitrogen and oxygen atoms in total. The van der Waals surface area contributed by atoms with E-state index in [9.17, 15) is 4.79 Å². The van der Waals surface area contributed by atoms with Crippen molar-refractivity contribution in [1.82, 2.24) is 9.88 Å². The lowest BCUT2D eigenvalue weighted by Gasteiger charge is -2.40. The minimum absolute atomic E-state index is 0.257. The SMILES string of the molecule is Cc1csc(CO/N=C(\N)C2CCN2C(=O)OC(C)(C)C)n1. The van der Waals surface area contributed by atoms with Gasteiger partial charge >= 0.3 is 6.09 Å². The van der Waals surface area contributed by atoms with Gasteiger partial charge in [-0.2, -0.15) is 0 Å². The Morgan fingerprint density at radius 2 is 2.32 bits per heavy atom. The monoisotopic (exact) mass is 326 g/mol. The second kappa shape index (κ2) is 6.51. The number of likely N-dealkylation sites (tertiary alicyclic amines) is 1. The molecule has 1 aromatic heterocycles. The van der Waals surface area contributed by atoms with Crippen LogP contribution in [-0.4, -0.2) is 40.0 Å². The molecule has 1 aliphatic rings. The van der Waals surface area contributed by atoms with Crippen LogP contribution in [0.3, 0.4) is 0 Å². The number of nitrogens with zero attached hydrogens (tertiary/aromatic N) is 3. The highest BCUT2D eigenvalue weighted by Gasteiger charge is 2.38. The number of hydrogen-bond donors (Lipinski definition) is 1. The zero-order chi connectivity index (χ0) is 16.3. The molecule has 0 aromatic carbocycles. The molecule has 1 unspecified atom stereocenters. The molecule has 1 aliphatic heterocycles. The van der Waals surface area contributed by atoms with Crippen LogP contribution in [0.4, 0.5) is 4.79 Å². The van der Waals surface area contributed by atoms with Crippen LogP contribution in [0.2, 0.25) is 0 Å². The molecule has 0 spiro atoms. The van der Waals surface area contributed by atoms with Crippen LogP contribution in [0.5, 0.6) is 0 Å². The summed E-state index contributed by atoms with van der Waals surface area (Å²) in [6.45, 7) is 8.30. The second-order valence-corrected chi connectivity index (χ2v) is 7.09. The zero-order valence-corrected chi connectivity index (χ0v) is 14.1. The van der Waals surface area contributed by atoms with Gasteiger partial charge in [0.25, 0.3) is 0 Å². The first-order valence-electron chi connectivity index (χ1n) is 7.12. The summed E-state index contributed by atoms with van der Waals surface area (Å²) in [4.78, 5) is 23.0. The Labute approximate surface area is 134 Å². The number of carbonyl (C=O) groups is 1. The lowest BCUT2D eigenvalue weighted by molar-refractivity contribution is 0.00454. The maximum absolute atomic E-state index is 12.0. The smallest absolute Gasteiger partial charge is 0.410 e. The number of carbonyl (C=O) groups excluding carboxylic acids is 1. The maximum atomic E-state index is 12.0. The van der Waals surface area contributed by atoms with Crippen molar-refractivity contribution in [2.24, 2.45) is 10.9 Å². The predicted octanol–water partition coefficient (Wildman–Crippen LogP) is 2.25. The van der Waals surface area contributed by atoms with Crippen molar-refractivity contribution in [1.29, 1.82) is 0 Å². The van der Waals surface area contributed by atoms with Gasteiger partial charge in [0.05, 0.1) is 6.04 Å². The van der Waals surface area contributed by atoms with Gasteiger partial charge in [0.15, 0.2) is 12.4 Å². The molecule has 0 aliphatic carbocycles. The first-order chi connectivity index (χ1) is 10.3. The summed E-state index contributed by atoms with van der Waals surface area (Å²) in [6, 6.07) is -0.257. The Morgan fingerprint density at radius 1 is 1.59 bits per heavy atom. The molecule has 1 fully saturated rings. The lowest BCUT2D eigenvalue weighted by Crippen LogP contribution is -2.58. The molecule has 122 valence electrons. The van der Waals surface area contributed by atoms with E-state index in [1.165, 1.54) is 11.3 Å². The number of nitrogens with two attached hydrogens (primary N) is 1. The van der Waals surface area contributed by atoms with Gasteiger partial charge in [-0.3, -0.25) is 4.90 Å². The average Bonchev–Trinajstić information content (AvgIpc) is 2.70. The number of amides is 1. The van der Waals surface area contributed by atoms with Crippen molar-refractivity contribution >= 4 is 23.3 Å². The summed E-state index contributed by atoms with van der Waals surface area (Å²) < 4.78 is 5.33. The molecule has 1 aromatic rings. The minimum atomic E-state index is -0.525. The van der Waals surface area contributed by atoms with Crippen LogP contribution in [0.15, 0.2) is 10.5 Å². The van der Waals surface area contributed by atoms with Gasteiger partial charge in [0, 0.05) is 17.6 Å². The second-order valence-electron chi connectivity index (χ2n) is 6.15. The minimum Gasteiger partial charge on any atom is -0.444 e. The van der Waals surface area contributed by atoms with Gasteiger partial charge in [-0.1, -0.05) is 5.16 Å². The van der Waals surface area contributed by atoms with Crippen molar-refractivity contribution < 1.29 is 14.4 Å². The largest absolute Gasteiger partial charge is 0.444 e. The Balaban J connectivity index is 1.85. The molecule has 0 radical (unpaired) electrons. The highest BCUT2D eigenvalue weighted by Crippen LogP contribution is 2.21. The number of aryl methyl sites for hydroxylation is 1. The van der Waals surface area contributed by atoms with E-state index in [1.54, 1.807) is 4.90 Å². The molecule has 0 saturated carbocycles. The van der Waals surface area contributed by atoms with Crippen LogP contribution in [0.25, 0.3) is 0 Å². The number of amidine groups is 1. The van der Waals surface area contributed by atoms with E-state index in [1.807, 2.05) is 33.1 Å². The van der Waals surface area contributed by atoms with Crippen LogP contribution < -0.4 is 5.73 Å². The molecular formula is C14H22N4O3S. The highest BCUT2D eigenvalue weighted by atomic mass is 32.1. The van der Waals surface area contributed by atoms with E-state index in [4.69, 9.17) is 15.3 Å². The van der Waals surface area contributed by atoms with Crippen LogP contribution in [0.1, 0.15) is 37.9 Å². The topological polar surface area (TPSA) is 90.0 Å². The average molecular weight is 326 g/mol. The number of hydrogen-bond acceptors (Lipinski definition) is 6. The molecule has 2 heterocycles. The van der Waals surface area contributed by atoms with Crippen molar-refractivity contribution in [3.63, 3.8) is 0 Å². The summed E-state index contributed by atoms with van der Waals surface area (Å²) in [5, 5.41) is 6.68. The molecule has 8 heteroatoms. The van der Waals surface area contributed by atoms with Gasteiger partial charge in [-0.25, -0.2) is 9.78 Å². The lowest BCUT2D eigenvalue weighted by atomic mass is 10.0. The Bertz CT molecular complexity index is 565. The molecule has 1 amide bonds. The van der Waals surface area contributed by atoms with E-state index in [2.05, 4.69) is 10.1 Å². The first kappa shape index (κ1) is 16.5. The number of oxime groups is 1. The maximum Gasteiger partial charge on any atom is 0.410 e. The van der Waals surface area contributed by atoms with Gasteiger partial charge in [0.2, 0.25) is 0 Å². The van der Waals surface area contributed by atoms with E-state index in [-0.39, 0.29) is 24.6 Å². The fraction of sp³-hybridized carbons (Fsp3) is 0.643. The van der Waals surface area contributed by atoms with E-state index < -0.39 is 5.60 Å². The highest BCUT2D eigenvalue weighted by molar-refractivity contribution is 7.09. The summed E-state index contributed by atoms with van der Waals surface area (Å²) in [7, 11) is 0. The third-order valence-corrected chi connectivity index (χ3v) is 3.95. The van der Waals surface area contributed by atoms with Crippen molar-refractivity contribution in [3.8, 4) is 0 Å². The summed E-state index contributed by atoms with van der Waals surface area (Å²) in [6.07, 6.45) is 0.381. The quantitative estimate of drug-likeness (QED) is 0.520. The van der Waals surface area contributed by atoms with E-state index >= 15 is 0 Å². The molecule has 2 N–H and O–H groups in total. The zero-order valence-electron chi connectivity index (χ0n) is 13.3. The third kappa shape index (κ3) is 4.33. The third-order valence-electron chi connectivity index (χ3n) is 3.01. The summed E-state index contributed by atoms with van der Waals surface area (Å²) in [5.74, 6) is 0.283. The molecule has 1 atom stereocenters. The first-order valence-corrected chi connectivity index (χ1v) is 8.00. The normalized spacial score (nSPS) is 18.8. The van der Waals surface area contributed by atoms with Crippen molar-refractivity contribution in [3.05, 3.63) is 16.1 Å². The Kier molecular flexibility index (Phi) is 4.90. The summed E-state index contributed by atoms with van der Waals surface area (Å²) >= 11 is 1.51. The van der Waals surface area contributed by atoms with Crippen LogP contribution >= 0.6 is 11.3 Å². The molecule has 0 bridgehead atoms. The van der Waals surface area contributed by atoms with Gasteiger partial charge in [-0.05, 0) is 34.1 Å². The van der Waals surface area contributed by atoms with Crippen molar-refractivity contribution in [2.45, 2.75) is 52.4 Å². The molecule has 1 saturated heterocycles. The Morgan fingerprint density at radius 3 is 2.82 bits per heavy atom. The number of aromatic nitrogens is 1. The predicted molar refractivity (Wildman–Crippen MR) is 84.6 cm³/mol. The fourth-order valence-electron chi connectivity index (χ4n) is 1.93. The number of rotatable bonds is 4. The number of thiazole rings is 1. The van der Waals surface area contributed by atoms with Crippen LogP contribution in [0, 0.1) is 6.92 Å².